The Bertz CT molecular complexity index is 574. The predicted molar refractivity (Wildman–Crippen MR) is 77.1 cm³/mol. The summed E-state index contributed by atoms with van der Waals surface area (Å²) in [6.07, 6.45) is 7.74. The lowest BCUT2D eigenvalue weighted by molar-refractivity contribution is -0.118. The number of aryl methyl sites for hydroxylation is 2. The SMILES string of the molecule is O=C(COc1cccnc1)Nc1nc2c(s1)CCCC2. The predicted octanol–water partition coefficient (Wildman–Crippen LogP) is 2.43. The van der Waals surface area contributed by atoms with Crippen molar-refractivity contribution in [3.8, 4) is 5.75 Å². The van der Waals surface area contributed by atoms with Crippen LogP contribution in [-0.2, 0) is 17.6 Å². The lowest BCUT2D eigenvalue weighted by Gasteiger charge is -2.06. The van der Waals surface area contributed by atoms with Crippen molar-refractivity contribution >= 4 is 22.4 Å². The number of carbonyl (C=O) groups is 1. The third-order valence-electron chi connectivity index (χ3n) is 3.10. The highest BCUT2D eigenvalue weighted by atomic mass is 32.1. The van der Waals surface area contributed by atoms with Gasteiger partial charge in [-0.05, 0) is 37.8 Å². The maximum absolute atomic E-state index is 11.8. The van der Waals surface area contributed by atoms with Gasteiger partial charge in [-0.15, -0.1) is 11.3 Å². The Kier molecular flexibility index (Phi) is 3.92. The molecule has 1 aliphatic rings. The van der Waals surface area contributed by atoms with E-state index in [0.29, 0.717) is 10.9 Å². The van der Waals surface area contributed by atoms with Crippen molar-refractivity contribution in [3.05, 3.63) is 35.1 Å². The van der Waals surface area contributed by atoms with E-state index < -0.39 is 0 Å². The first-order chi connectivity index (χ1) is 9.81. The Morgan fingerprint density at radius 1 is 1.40 bits per heavy atom. The van der Waals surface area contributed by atoms with Gasteiger partial charge in [-0.3, -0.25) is 15.1 Å². The summed E-state index contributed by atoms with van der Waals surface area (Å²) in [6.45, 7) is -0.0318. The summed E-state index contributed by atoms with van der Waals surface area (Å²) in [7, 11) is 0. The zero-order valence-corrected chi connectivity index (χ0v) is 11.8. The van der Waals surface area contributed by atoms with E-state index in [2.05, 4.69) is 15.3 Å². The Balaban J connectivity index is 1.55. The van der Waals surface area contributed by atoms with Crippen molar-refractivity contribution in [2.75, 3.05) is 11.9 Å². The van der Waals surface area contributed by atoms with Crippen LogP contribution in [0.5, 0.6) is 5.75 Å². The first kappa shape index (κ1) is 13.1. The smallest absolute Gasteiger partial charge is 0.264 e. The van der Waals surface area contributed by atoms with Crippen LogP contribution in [0.2, 0.25) is 0 Å². The summed E-state index contributed by atoms with van der Waals surface area (Å²) in [5.74, 6) is 0.390. The molecule has 0 aromatic carbocycles. The molecule has 1 amide bonds. The maximum atomic E-state index is 11.8. The van der Waals surface area contributed by atoms with E-state index in [4.69, 9.17) is 4.74 Å². The van der Waals surface area contributed by atoms with Gasteiger partial charge in [-0.25, -0.2) is 4.98 Å². The second kappa shape index (κ2) is 6.00. The molecule has 0 aliphatic heterocycles. The standard InChI is InChI=1S/C14H15N3O2S/c18-13(9-19-10-4-3-7-15-8-10)17-14-16-11-5-1-2-6-12(11)20-14/h3-4,7-8H,1-2,5-6,9H2,(H,16,17,18). The Hall–Kier alpha value is -1.95. The van der Waals surface area contributed by atoms with Crippen LogP contribution >= 0.6 is 11.3 Å². The van der Waals surface area contributed by atoms with Crippen LogP contribution in [0.25, 0.3) is 0 Å². The number of ether oxygens (including phenoxy) is 1. The number of hydrogen-bond acceptors (Lipinski definition) is 5. The third kappa shape index (κ3) is 3.14. The second-order valence-electron chi connectivity index (χ2n) is 4.62. The van der Waals surface area contributed by atoms with E-state index in [-0.39, 0.29) is 12.5 Å². The quantitative estimate of drug-likeness (QED) is 0.939. The molecule has 6 heteroatoms. The molecule has 3 rings (SSSR count). The highest BCUT2D eigenvalue weighted by Crippen LogP contribution is 2.29. The third-order valence-corrected chi connectivity index (χ3v) is 4.17. The van der Waals surface area contributed by atoms with Crippen LogP contribution in [-0.4, -0.2) is 22.5 Å². The van der Waals surface area contributed by atoms with Gasteiger partial charge in [0, 0.05) is 11.1 Å². The van der Waals surface area contributed by atoms with Gasteiger partial charge in [-0.1, -0.05) is 0 Å². The summed E-state index contributed by atoms with van der Waals surface area (Å²) < 4.78 is 5.34. The molecule has 20 heavy (non-hydrogen) atoms. The van der Waals surface area contributed by atoms with E-state index in [1.165, 1.54) is 17.7 Å². The van der Waals surface area contributed by atoms with Gasteiger partial charge in [-0.2, -0.15) is 0 Å². The lowest BCUT2D eigenvalue weighted by Crippen LogP contribution is -2.20. The first-order valence-corrected chi connectivity index (χ1v) is 7.44. The molecular formula is C14H15N3O2S. The number of nitrogens with zero attached hydrogens (tertiary/aromatic N) is 2. The highest BCUT2D eigenvalue weighted by molar-refractivity contribution is 7.15. The molecule has 0 radical (unpaired) electrons. The number of nitrogens with one attached hydrogen (secondary N) is 1. The molecular weight excluding hydrogens is 274 g/mol. The minimum Gasteiger partial charge on any atom is -0.482 e. The zero-order chi connectivity index (χ0) is 13.8. The summed E-state index contributed by atoms with van der Waals surface area (Å²) in [5, 5.41) is 3.47. The molecule has 2 heterocycles. The Morgan fingerprint density at radius 3 is 3.10 bits per heavy atom. The van der Waals surface area contributed by atoms with Gasteiger partial charge < -0.3 is 4.74 Å². The van der Waals surface area contributed by atoms with Gasteiger partial charge in [0.2, 0.25) is 0 Å². The largest absolute Gasteiger partial charge is 0.482 e. The topological polar surface area (TPSA) is 64.1 Å². The molecule has 0 bridgehead atoms. The second-order valence-corrected chi connectivity index (χ2v) is 5.71. The summed E-state index contributed by atoms with van der Waals surface area (Å²) in [4.78, 5) is 21.5. The minimum absolute atomic E-state index is 0.0318. The van der Waals surface area contributed by atoms with Crippen LogP contribution in [0.3, 0.4) is 0 Å². The van der Waals surface area contributed by atoms with Crippen molar-refractivity contribution < 1.29 is 9.53 Å². The van der Waals surface area contributed by atoms with Gasteiger partial charge >= 0.3 is 0 Å². The number of amides is 1. The number of rotatable bonds is 4. The molecule has 1 aliphatic carbocycles. The van der Waals surface area contributed by atoms with Crippen molar-refractivity contribution in [1.29, 1.82) is 0 Å². The number of pyridine rings is 1. The molecule has 0 saturated carbocycles. The van der Waals surface area contributed by atoms with Crippen molar-refractivity contribution in [1.82, 2.24) is 9.97 Å². The molecule has 0 atom stereocenters. The fourth-order valence-corrected chi connectivity index (χ4v) is 3.21. The van der Waals surface area contributed by atoms with Crippen LogP contribution in [0, 0.1) is 0 Å². The molecule has 0 fully saturated rings. The monoisotopic (exact) mass is 289 g/mol. The van der Waals surface area contributed by atoms with Gasteiger partial charge in [0.25, 0.3) is 5.91 Å². The van der Waals surface area contributed by atoms with Gasteiger partial charge in [0.05, 0.1) is 11.9 Å². The van der Waals surface area contributed by atoms with E-state index >= 15 is 0 Å². The normalized spacial score (nSPS) is 13.6. The van der Waals surface area contributed by atoms with E-state index in [0.717, 1.165) is 18.5 Å². The van der Waals surface area contributed by atoms with Crippen LogP contribution in [0.15, 0.2) is 24.5 Å². The molecule has 0 spiro atoms. The zero-order valence-electron chi connectivity index (χ0n) is 11.0. The van der Waals surface area contributed by atoms with Crippen LogP contribution < -0.4 is 10.1 Å². The summed E-state index contributed by atoms with van der Waals surface area (Å²) in [5.41, 5.74) is 1.14. The number of fused-ring (bicyclic) bond motifs is 1. The van der Waals surface area contributed by atoms with Crippen LogP contribution in [0.4, 0.5) is 5.13 Å². The Labute approximate surface area is 121 Å². The first-order valence-electron chi connectivity index (χ1n) is 6.62. The number of thiazole rings is 1. The molecule has 5 nitrogen and oxygen atoms in total. The average Bonchev–Trinajstić information content (AvgIpc) is 2.88. The fraction of sp³-hybridized carbons (Fsp3) is 0.357. The lowest BCUT2D eigenvalue weighted by atomic mass is 10.0. The van der Waals surface area contributed by atoms with E-state index in [1.54, 1.807) is 35.9 Å². The van der Waals surface area contributed by atoms with Crippen molar-refractivity contribution in [3.63, 3.8) is 0 Å². The number of anilines is 1. The van der Waals surface area contributed by atoms with Crippen molar-refractivity contribution in [2.45, 2.75) is 25.7 Å². The molecule has 0 unspecified atom stereocenters. The van der Waals surface area contributed by atoms with E-state index in [9.17, 15) is 4.79 Å². The number of aromatic nitrogens is 2. The molecule has 0 saturated heterocycles. The maximum Gasteiger partial charge on any atom is 0.264 e. The highest BCUT2D eigenvalue weighted by Gasteiger charge is 2.16. The molecule has 1 N–H and O–H groups in total. The van der Waals surface area contributed by atoms with Gasteiger partial charge in [0.1, 0.15) is 5.75 Å². The Morgan fingerprint density at radius 2 is 2.30 bits per heavy atom. The molecule has 2 aromatic rings. The van der Waals surface area contributed by atoms with E-state index in [1.807, 2.05) is 0 Å². The fourth-order valence-electron chi connectivity index (χ4n) is 2.14. The number of hydrogen-bond donors (Lipinski definition) is 1. The average molecular weight is 289 g/mol. The number of carbonyl (C=O) groups excluding carboxylic acids is 1. The summed E-state index contributed by atoms with van der Waals surface area (Å²) >= 11 is 1.57. The minimum atomic E-state index is -0.194. The van der Waals surface area contributed by atoms with Crippen molar-refractivity contribution in [2.24, 2.45) is 0 Å². The van der Waals surface area contributed by atoms with Gasteiger partial charge in [0.15, 0.2) is 11.7 Å². The molecule has 104 valence electrons. The van der Waals surface area contributed by atoms with Crippen LogP contribution in [0.1, 0.15) is 23.4 Å². The summed E-state index contributed by atoms with van der Waals surface area (Å²) in [6, 6.07) is 3.53. The molecule has 2 aromatic heterocycles.